The summed E-state index contributed by atoms with van der Waals surface area (Å²) < 4.78 is 5.47. The van der Waals surface area contributed by atoms with Gasteiger partial charge in [0, 0.05) is 11.6 Å². The van der Waals surface area contributed by atoms with E-state index in [1.165, 1.54) is 5.56 Å². The highest BCUT2D eigenvalue weighted by atomic mass is 16.3. The first-order chi connectivity index (χ1) is 7.00. The first-order valence-corrected chi connectivity index (χ1v) is 5.49. The minimum atomic E-state index is -0.239. The molecule has 0 aromatic carbocycles. The Bertz CT molecular complexity index is 305. The molecule has 0 aliphatic heterocycles. The number of aryl methyl sites for hydroxylation is 2. The van der Waals surface area contributed by atoms with E-state index >= 15 is 0 Å². The third-order valence-electron chi connectivity index (χ3n) is 2.56. The lowest BCUT2D eigenvalue weighted by molar-refractivity contribution is 0.182. The second kappa shape index (κ2) is 5.33. The average molecular weight is 211 g/mol. The molecule has 1 aromatic rings. The van der Waals surface area contributed by atoms with E-state index in [1.807, 2.05) is 13.8 Å². The molecule has 86 valence electrons. The number of rotatable bonds is 5. The monoisotopic (exact) mass is 211 g/mol. The van der Waals surface area contributed by atoms with Crippen molar-refractivity contribution in [1.82, 2.24) is 5.32 Å². The van der Waals surface area contributed by atoms with Crippen LogP contribution in [-0.4, -0.2) is 17.8 Å². The lowest BCUT2D eigenvalue weighted by atomic mass is 10.1. The normalized spacial score (nSPS) is 15.3. The van der Waals surface area contributed by atoms with Crippen molar-refractivity contribution in [1.29, 1.82) is 0 Å². The maximum absolute atomic E-state index is 9.14. The van der Waals surface area contributed by atoms with Crippen molar-refractivity contribution in [3.8, 4) is 0 Å². The second-order valence-electron chi connectivity index (χ2n) is 4.18. The maximum atomic E-state index is 9.14. The summed E-state index contributed by atoms with van der Waals surface area (Å²) in [4.78, 5) is 0. The standard InChI is InChI=1S/C12H21NO2/c1-8(14)5-6-13-10(3)12-7-9(2)15-11(12)4/h7-8,10,13-14H,5-6H2,1-4H3. The van der Waals surface area contributed by atoms with Gasteiger partial charge in [-0.15, -0.1) is 0 Å². The van der Waals surface area contributed by atoms with Crippen molar-refractivity contribution in [3.63, 3.8) is 0 Å². The fourth-order valence-corrected chi connectivity index (χ4v) is 1.70. The van der Waals surface area contributed by atoms with E-state index in [0.717, 1.165) is 24.5 Å². The summed E-state index contributed by atoms with van der Waals surface area (Å²) in [7, 11) is 0. The zero-order chi connectivity index (χ0) is 11.4. The summed E-state index contributed by atoms with van der Waals surface area (Å²) in [6.45, 7) is 8.68. The van der Waals surface area contributed by atoms with E-state index in [2.05, 4.69) is 18.3 Å². The average Bonchev–Trinajstić information content (AvgIpc) is 2.44. The zero-order valence-electron chi connectivity index (χ0n) is 10.0. The highest BCUT2D eigenvalue weighted by Crippen LogP contribution is 2.20. The van der Waals surface area contributed by atoms with Crippen molar-refractivity contribution in [2.45, 2.75) is 46.3 Å². The van der Waals surface area contributed by atoms with Crippen molar-refractivity contribution in [3.05, 3.63) is 23.2 Å². The Hall–Kier alpha value is -0.800. The molecule has 2 unspecified atom stereocenters. The smallest absolute Gasteiger partial charge is 0.105 e. The van der Waals surface area contributed by atoms with Crippen molar-refractivity contribution in [2.24, 2.45) is 0 Å². The van der Waals surface area contributed by atoms with Gasteiger partial charge in [0.05, 0.1) is 6.10 Å². The molecular formula is C12H21NO2. The molecule has 0 fully saturated rings. The van der Waals surface area contributed by atoms with Gasteiger partial charge in [0.15, 0.2) is 0 Å². The number of hydrogen-bond donors (Lipinski definition) is 2. The van der Waals surface area contributed by atoms with Crippen molar-refractivity contribution < 1.29 is 9.52 Å². The van der Waals surface area contributed by atoms with Crippen LogP contribution in [0.3, 0.4) is 0 Å². The fraction of sp³-hybridized carbons (Fsp3) is 0.667. The Morgan fingerprint density at radius 1 is 1.40 bits per heavy atom. The predicted octanol–water partition coefficient (Wildman–Crippen LogP) is 2.32. The number of furan rings is 1. The van der Waals surface area contributed by atoms with E-state index in [1.54, 1.807) is 6.92 Å². The molecule has 0 aliphatic rings. The summed E-state index contributed by atoms with van der Waals surface area (Å²) in [6.07, 6.45) is 0.539. The molecule has 0 saturated heterocycles. The topological polar surface area (TPSA) is 45.4 Å². The minimum Gasteiger partial charge on any atom is -0.466 e. The number of aliphatic hydroxyl groups is 1. The van der Waals surface area contributed by atoms with Crippen LogP contribution < -0.4 is 5.32 Å². The Kier molecular flexibility index (Phi) is 4.36. The van der Waals surface area contributed by atoms with Crippen LogP contribution in [0.25, 0.3) is 0 Å². The van der Waals surface area contributed by atoms with Gasteiger partial charge in [0.2, 0.25) is 0 Å². The molecular weight excluding hydrogens is 190 g/mol. The summed E-state index contributed by atoms with van der Waals surface area (Å²) in [5.74, 6) is 1.93. The van der Waals surface area contributed by atoms with Crippen LogP contribution in [0.4, 0.5) is 0 Å². The van der Waals surface area contributed by atoms with E-state index in [9.17, 15) is 0 Å². The van der Waals surface area contributed by atoms with E-state index in [4.69, 9.17) is 9.52 Å². The van der Waals surface area contributed by atoms with Gasteiger partial charge in [0.25, 0.3) is 0 Å². The molecule has 0 aliphatic carbocycles. The molecule has 1 aromatic heterocycles. The molecule has 3 heteroatoms. The van der Waals surface area contributed by atoms with Crippen molar-refractivity contribution in [2.75, 3.05) is 6.54 Å². The van der Waals surface area contributed by atoms with Gasteiger partial charge in [-0.05, 0) is 46.7 Å². The fourth-order valence-electron chi connectivity index (χ4n) is 1.70. The number of hydrogen-bond acceptors (Lipinski definition) is 3. The lowest BCUT2D eigenvalue weighted by Gasteiger charge is -2.13. The summed E-state index contributed by atoms with van der Waals surface area (Å²) in [5.41, 5.74) is 1.21. The predicted molar refractivity (Wildman–Crippen MR) is 60.9 cm³/mol. The molecule has 0 amide bonds. The quantitative estimate of drug-likeness (QED) is 0.785. The van der Waals surface area contributed by atoms with Gasteiger partial charge < -0.3 is 14.8 Å². The first kappa shape index (κ1) is 12.3. The molecule has 0 bridgehead atoms. The van der Waals surface area contributed by atoms with Crippen LogP contribution >= 0.6 is 0 Å². The van der Waals surface area contributed by atoms with Gasteiger partial charge in [-0.1, -0.05) is 0 Å². The molecule has 2 atom stereocenters. The number of nitrogens with one attached hydrogen (secondary N) is 1. The van der Waals surface area contributed by atoms with Crippen LogP contribution in [0.1, 0.15) is 43.4 Å². The third-order valence-corrected chi connectivity index (χ3v) is 2.56. The van der Waals surface area contributed by atoms with E-state index in [-0.39, 0.29) is 12.1 Å². The molecule has 0 saturated carbocycles. The third kappa shape index (κ3) is 3.68. The van der Waals surface area contributed by atoms with E-state index in [0.29, 0.717) is 0 Å². The lowest BCUT2D eigenvalue weighted by Crippen LogP contribution is -2.22. The SMILES string of the molecule is Cc1cc(C(C)NCCC(C)O)c(C)o1. The largest absolute Gasteiger partial charge is 0.466 e. The van der Waals surface area contributed by atoms with Gasteiger partial charge in [-0.3, -0.25) is 0 Å². The molecule has 2 N–H and O–H groups in total. The van der Waals surface area contributed by atoms with Gasteiger partial charge in [-0.2, -0.15) is 0 Å². The molecule has 3 nitrogen and oxygen atoms in total. The molecule has 0 spiro atoms. The molecule has 0 radical (unpaired) electrons. The minimum absolute atomic E-state index is 0.239. The van der Waals surface area contributed by atoms with Crippen LogP contribution in [0.2, 0.25) is 0 Å². The van der Waals surface area contributed by atoms with Crippen LogP contribution in [0, 0.1) is 13.8 Å². The Labute approximate surface area is 91.5 Å². The Balaban J connectivity index is 2.46. The highest BCUT2D eigenvalue weighted by Gasteiger charge is 2.11. The Morgan fingerprint density at radius 2 is 2.07 bits per heavy atom. The Morgan fingerprint density at radius 3 is 2.53 bits per heavy atom. The second-order valence-corrected chi connectivity index (χ2v) is 4.18. The molecule has 1 rings (SSSR count). The van der Waals surface area contributed by atoms with E-state index < -0.39 is 0 Å². The first-order valence-electron chi connectivity index (χ1n) is 5.49. The summed E-state index contributed by atoms with van der Waals surface area (Å²) >= 11 is 0. The summed E-state index contributed by atoms with van der Waals surface area (Å²) in [5, 5.41) is 12.5. The maximum Gasteiger partial charge on any atom is 0.105 e. The summed E-state index contributed by atoms with van der Waals surface area (Å²) in [6, 6.07) is 2.34. The number of aliphatic hydroxyl groups excluding tert-OH is 1. The molecule has 15 heavy (non-hydrogen) atoms. The zero-order valence-corrected chi connectivity index (χ0v) is 10.0. The van der Waals surface area contributed by atoms with Crippen LogP contribution in [0.5, 0.6) is 0 Å². The van der Waals surface area contributed by atoms with Gasteiger partial charge >= 0.3 is 0 Å². The van der Waals surface area contributed by atoms with Crippen LogP contribution in [-0.2, 0) is 0 Å². The van der Waals surface area contributed by atoms with Crippen LogP contribution in [0.15, 0.2) is 10.5 Å². The van der Waals surface area contributed by atoms with Crippen molar-refractivity contribution >= 4 is 0 Å². The van der Waals surface area contributed by atoms with Gasteiger partial charge in [0.1, 0.15) is 11.5 Å². The highest BCUT2D eigenvalue weighted by molar-refractivity contribution is 5.23. The molecule has 1 heterocycles. The van der Waals surface area contributed by atoms with Gasteiger partial charge in [-0.25, -0.2) is 0 Å².